The zero-order chi connectivity index (χ0) is 45.4. The lowest BCUT2D eigenvalue weighted by Gasteiger charge is -2.28. The molecule has 0 saturated carbocycles. The number of likely N-dealkylation sites (N-methyl/N-ethyl adjacent to an activating group) is 1. The molecule has 61 heavy (non-hydrogen) atoms. The lowest BCUT2D eigenvalue weighted by atomic mass is 10.0. The largest absolute Gasteiger partial charge is 0.756 e. The second-order valence-corrected chi connectivity index (χ2v) is 18.7. The Morgan fingerprint density at radius 3 is 1.93 bits per heavy atom. The highest BCUT2D eigenvalue weighted by Gasteiger charge is 2.22. The number of aliphatic hydroxyl groups excluding tert-OH is 2. The van der Waals surface area contributed by atoms with Crippen molar-refractivity contribution in [2.45, 2.75) is 187 Å². The number of nitrogens with zero attached hydrogens (tertiary/aromatic N) is 1. The molecule has 1 aromatic rings. The number of aliphatic hydroxyl groups is 2. The van der Waals surface area contributed by atoms with E-state index in [2.05, 4.69) is 52.0 Å². The van der Waals surface area contributed by atoms with Gasteiger partial charge in [-0.05, 0) is 89.2 Å². The van der Waals surface area contributed by atoms with Crippen LogP contribution in [0.25, 0.3) is 0 Å². The smallest absolute Gasteiger partial charge is 0.306 e. The second kappa shape index (κ2) is 33.9. The summed E-state index contributed by atoms with van der Waals surface area (Å²) in [7, 11) is 0.987. The Morgan fingerprint density at radius 2 is 1.30 bits per heavy atom. The van der Waals surface area contributed by atoms with Crippen LogP contribution in [0, 0.1) is 13.8 Å². The van der Waals surface area contributed by atoms with Crippen molar-refractivity contribution < 1.29 is 56.7 Å². The van der Waals surface area contributed by atoms with E-state index in [0.717, 1.165) is 95.0 Å². The molecule has 0 aliphatic carbocycles. The number of hydrogen-bond donors (Lipinski definition) is 2. The molecule has 0 aliphatic heterocycles. The van der Waals surface area contributed by atoms with E-state index in [9.17, 15) is 29.3 Å². The Hall–Kier alpha value is -2.57. The van der Waals surface area contributed by atoms with Gasteiger partial charge in [-0.3, -0.25) is 14.2 Å². The van der Waals surface area contributed by atoms with Crippen molar-refractivity contribution in [2.24, 2.45) is 0 Å². The molecule has 4 atom stereocenters. The highest BCUT2D eigenvalue weighted by atomic mass is 31.2. The molecule has 0 spiro atoms. The normalized spacial score (nSPS) is 14.9. The molecule has 3 unspecified atom stereocenters. The summed E-state index contributed by atoms with van der Waals surface area (Å²) in [5.74, 6) is 1.11. The predicted octanol–water partition coefficient (Wildman–Crippen LogP) is 9.88. The van der Waals surface area contributed by atoms with Gasteiger partial charge in [-0.15, -0.1) is 0 Å². The monoisotopic (exact) mass is 882 g/mol. The summed E-state index contributed by atoms with van der Waals surface area (Å²) >= 11 is 0. The van der Waals surface area contributed by atoms with Crippen LogP contribution in [-0.2, 0) is 45.5 Å². The van der Waals surface area contributed by atoms with Gasteiger partial charge in [0.25, 0.3) is 7.82 Å². The van der Waals surface area contributed by atoms with Crippen LogP contribution in [0.4, 0.5) is 0 Å². The van der Waals surface area contributed by atoms with Gasteiger partial charge >= 0.3 is 11.9 Å². The summed E-state index contributed by atoms with van der Waals surface area (Å²) in [5.41, 5.74) is 2.59. The van der Waals surface area contributed by atoms with Crippen LogP contribution in [0.15, 0.2) is 40.9 Å². The first-order valence-corrected chi connectivity index (χ1v) is 24.7. The Kier molecular flexibility index (Phi) is 31.4. The molecule has 0 radical (unpaired) electrons. The molecular formula is C48H84NO11P. The molecule has 0 saturated heterocycles. The van der Waals surface area contributed by atoms with Gasteiger partial charge in [-0.2, -0.15) is 0 Å². The molecule has 2 N–H and O–H groups in total. The van der Waals surface area contributed by atoms with E-state index >= 15 is 0 Å². The maximum absolute atomic E-state index is 12.8. The van der Waals surface area contributed by atoms with Crippen molar-refractivity contribution in [3.8, 4) is 0 Å². The Balaban J connectivity index is 2.43. The van der Waals surface area contributed by atoms with Crippen LogP contribution in [0.3, 0.4) is 0 Å². The zero-order valence-corrected chi connectivity index (χ0v) is 39.9. The molecule has 0 bridgehead atoms. The standard InChI is InChI=1S/C48H84NO11P/c1-8-10-11-12-13-14-15-16-17-20-23-26-31-43(50)44(51)32-29-35-47(52)56-38-42(39-58-61(54,55)57-37-36-49(5,6)7)59-48(53)34-28-25-22-19-18-21-24-27-33-46-41(4)40(3)45(60-46)30-9-2/h13-14,16-17,23,26,42-44,50-51H,8-12,15,18-22,24-25,27-39H2,1-7H3/b14-13-,17-16-,26-23-/t42-,43?,44?/m1/s1. The zero-order valence-electron chi connectivity index (χ0n) is 39.0. The van der Waals surface area contributed by atoms with Gasteiger partial charge in [0, 0.05) is 25.7 Å². The number of esters is 2. The van der Waals surface area contributed by atoms with Crippen molar-refractivity contribution in [3.63, 3.8) is 0 Å². The summed E-state index contributed by atoms with van der Waals surface area (Å²) in [6.45, 7) is 8.05. The van der Waals surface area contributed by atoms with Gasteiger partial charge in [-0.1, -0.05) is 102 Å². The number of phosphoric ester groups is 1. The number of unbranched alkanes of at least 4 members (excludes halogenated alkanes) is 10. The van der Waals surface area contributed by atoms with E-state index in [1.54, 1.807) is 0 Å². The second-order valence-electron chi connectivity index (χ2n) is 17.3. The third-order valence-corrected chi connectivity index (χ3v) is 11.5. The van der Waals surface area contributed by atoms with Crippen LogP contribution < -0.4 is 4.89 Å². The first kappa shape index (κ1) is 56.4. The number of rotatable bonds is 38. The van der Waals surface area contributed by atoms with Gasteiger partial charge in [0.05, 0.1) is 40.0 Å². The lowest BCUT2D eigenvalue weighted by Crippen LogP contribution is -2.37. The van der Waals surface area contributed by atoms with Crippen molar-refractivity contribution in [2.75, 3.05) is 47.5 Å². The number of allylic oxidation sites excluding steroid dienone is 5. The van der Waals surface area contributed by atoms with Gasteiger partial charge in [0.2, 0.25) is 0 Å². The van der Waals surface area contributed by atoms with Gasteiger partial charge in [0.15, 0.2) is 6.10 Å². The summed E-state index contributed by atoms with van der Waals surface area (Å²) in [4.78, 5) is 37.8. The van der Waals surface area contributed by atoms with Crippen LogP contribution in [0.2, 0.25) is 0 Å². The molecule has 13 heteroatoms. The number of aryl methyl sites for hydroxylation is 2. The van der Waals surface area contributed by atoms with Gasteiger partial charge in [-0.25, -0.2) is 0 Å². The number of furan rings is 1. The molecular weight excluding hydrogens is 797 g/mol. The highest BCUT2D eigenvalue weighted by molar-refractivity contribution is 7.45. The van der Waals surface area contributed by atoms with Crippen molar-refractivity contribution in [1.29, 1.82) is 0 Å². The van der Waals surface area contributed by atoms with E-state index in [1.807, 2.05) is 33.3 Å². The Labute approximate surface area is 369 Å². The molecule has 1 aromatic heterocycles. The number of ether oxygens (including phenoxy) is 2. The third kappa shape index (κ3) is 30.2. The van der Waals surface area contributed by atoms with E-state index in [1.165, 1.54) is 30.4 Å². The van der Waals surface area contributed by atoms with Crippen LogP contribution in [-0.4, -0.2) is 92.5 Å². The number of quaternary nitrogens is 1. The fraction of sp³-hybridized carbons (Fsp3) is 0.750. The fourth-order valence-electron chi connectivity index (χ4n) is 6.51. The average Bonchev–Trinajstić information content (AvgIpc) is 3.46. The minimum atomic E-state index is -4.71. The fourth-order valence-corrected chi connectivity index (χ4v) is 7.24. The third-order valence-electron chi connectivity index (χ3n) is 10.5. The molecule has 352 valence electrons. The molecule has 0 aromatic carbocycles. The Morgan fingerprint density at radius 1 is 0.705 bits per heavy atom. The molecule has 1 heterocycles. The maximum atomic E-state index is 12.8. The quantitative estimate of drug-likeness (QED) is 0.0214. The van der Waals surface area contributed by atoms with Gasteiger partial charge < -0.3 is 42.5 Å². The van der Waals surface area contributed by atoms with Crippen LogP contribution >= 0.6 is 7.82 Å². The van der Waals surface area contributed by atoms with Crippen LogP contribution in [0.5, 0.6) is 0 Å². The lowest BCUT2D eigenvalue weighted by molar-refractivity contribution is -0.870. The Bertz CT molecular complexity index is 1450. The minimum absolute atomic E-state index is 0.0452. The average molecular weight is 882 g/mol. The number of carbonyl (C=O) groups excluding carboxylic acids is 2. The summed E-state index contributed by atoms with van der Waals surface area (Å²) in [5, 5.41) is 20.8. The maximum Gasteiger partial charge on any atom is 0.306 e. The molecule has 0 amide bonds. The highest BCUT2D eigenvalue weighted by Crippen LogP contribution is 2.38. The van der Waals surface area contributed by atoms with Crippen molar-refractivity contribution >= 4 is 19.8 Å². The van der Waals surface area contributed by atoms with Crippen molar-refractivity contribution in [1.82, 2.24) is 0 Å². The first-order valence-electron chi connectivity index (χ1n) is 23.2. The van der Waals surface area contributed by atoms with E-state index in [4.69, 9.17) is 22.9 Å². The molecule has 1 rings (SSSR count). The summed E-state index contributed by atoms with van der Waals surface area (Å²) < 4.78 is 39.9. The summed E-state index contributed by atoms with van der Waals surface area (Å²) in [6.07, 6.45) is 27.7. The minimum Gasteiger partial charge on any atom is -0.756 e. The number of carbonyl (C=O) groups is 2. The first-order chi connectivity index (χ1) is 29.1. The van der Waals surface area contributed by atoms with E-state index in [0.29, 0.717) is 23.9 Å². The predicted molar refractivity (Wildman–Crippen MR) is 242 cm³/mol. The van der Waals surface area contributed by atoms with E-state index < -0.39 is 51.3 Å². The van der Waals surface area contributed by atoms with Crippen molar-refractivity contribution in [3.05, 3.63) is 59.1 Å². The summed E-state index contributed by atoms with van der Waals surface area (Å²) in [6, 6.07) is 0. The van der Waals surface area contributed by atoms with E-state index in [-0.39, 0.29) is 32.3 Å². The SMILES string of the molecule is CCCCC/C=C\C/C=C\C/C=C\CC(O)C(O)CCCC(=O)OC[C@H](COP(=O)([O-])OCC[N+](C)(C)C)OC(=O)CCCCCCCCCCc1oc(CCC)c(C)c1C. The molecule has 0 aliphatic rings. The van der Waals surface area contributed by atoms with Gasteiger partial charge in [0.1, 0.15) is 31.3 Å². The number of phosphoric acid groups is 1. The topological polar surface area (TPSA) is 165 Å². The molecule has 0 fully saturated rings. The molecule has 12 nitrogen and oxygen atoms in total. The van der Waals surface area contributed by atoms with Crippen LogP contribution in [0.1, 0.15) is 165 Å². The number of hydrogen-bond acceptors (Lipinski definition) is 11.